The Hall–Kier alpha value is -1.26. The number of phenols is 1. The first-order chi connectivity index (χ1) is 9.69. The molecule has 20 heavy (non-hydrogen) atoms. The van der Waals surface area contributed by atoms with Gasteiger partial charge in [0, 0.05) is 6.54 Å². The van der Waals surface area contributed by atoms with E-state index in [1.807, 2.05) is 12.1 Å². The first kappa shape index (κ1) is 15.1. The molecule has 0 radical (unpaired) electrons. The van der Waals surface area contributed by atoms with Crippen molar-refractivity contribution in [3.8, 4) is 11.5 Å². The van der Waals surface area contributed by atoms with Gasteiger partial charge in [0.05, 0.1) is 7.11 Å². The first-order valence-corrected chi connectivity index (χ1v) is 7.44. The van der Waals surface area contributed by atoms with Gasteiger partial charge in [-0.05, 0) is 69.6 Å². The highest BCUT2D eigenvalue weighted by Gasteiger charge is 2.15. The summed E-state index contributed by atoms with van der Waals surface area (Å²) in [5.74, 6) is 1.61. The Labute approximate surface area is 121 Å². The maximum absolute atomic E-state index is 9.55. The normalized spacial score (nSPS) is 17.3. The lowest BCUT2D eigenvalue weighted by molar-refractivity contribution is 0.211. The van der Waals surface area contributed by atoms with Gasteiger partial charge in [-0.25, -0.2) is 0 Å². The molecular weight excluding hydrogens is 252 g/mol. The van der Waals surface area contributed by atoms with Crippen molar-refractivity contribution in [3.63, 3.8) is 0 Å². The average molecular weight is 278 g/mol. The molecular formula is C16H26N2O2. The minimum absolute atomic E-state index is 0.197. The summed E-state index contributed by atoms with van der Waals surface area (Å²) in [6, 6.07) is 5.51. The zero-order chi connectivity index (χ0) is 14.4. The third-order valence-electron chi connectivity index (χ3n) is 4.14. The highest BCUT2D eigenvalue weighted by atomic mass is 16.5. The highest BCUT2D eigenvalue weighted by molar-refractivity contribution is 5.41. The lowest BCUT2D eigenvalue weighted by Gasteiger charge is -2.28. The van der Waals surface area contributed by atoms with Crippen molar-refractivity contribution in [1.29, 1.82) is 0 Å². The lowest BCUT2D eigenvalue weighted by Crippen LogP contribution is -2.31. The predicted molar refractivity (Wildman–Crippen MR) is 81.2 cm³/mol. The Morgan fingerprint density at radius 2 is 2.10 bits per heavy atom. The van der Waals surface area contributed by atoms with Crippen molar-refractivity contribution >= 4 is 0 Å². The molecule has 1 aliphatic rings. The molecule has 0 aromatic heterocycles. The van der Waals surface area contributed by atoms with Crippen molar-refractivity contribution in [3.05, 3.63) is 23.8 Å². The molecule has 112 valence electrons. The Balaban J connectivity index is 1.68. The third-order valence-corrected chi connectivity index (χ3v) is 4.14. The smallest absolute Gasteiger partial charge is 0.160 e. The molecule has 0 amide bonds. The molecule has 4 nitrogen and oxygen atoms in total. The zero-order valence-electron chi connectivity index (χ0n) is 12.6. The van der Waals surface area contributed by atoms with Gasteiger partial charge in [-0.2, -0.15) is 0 Å². The quantitative estimate of drug-likeness (QED) is 0.783. The Bertz CT molecular complexity index is 415. The second-order valence-corrected chi connectivity index (χ2v) is 5.72. The van der Waals surface area contributed by atoms with E-state index in [0.717, 1.165) is 24.6 Å². The van der Waals surface area contributed by atoms with Gasteiger partial charge in [-0.3, -0.25) is 0 Å². The molecule has 1 saturated heterocycles. The lowest BCUT2D eigenvalue weighted by atomic mass is 9.94. The SMILES string of the molecule is COc1cc(CNCCC2CCN(C)CC2)ccc1O. The summed E-state index contributed by atoms with van der Waals surface area (Å²) in [5.41, 5.74) is 1.14. The van der Waals surface area contributed by atoms with E-state index in [-0.39, 0.29) is 5.75 Å². The number of piperidine rings is 1. The number of phenolic OH excluding ortho intramolecular Hbond substituents is 1. The molecule has 0 bridgehead atoms. The fraction of sp³-hybridized carbons (Fsp3) is 0.625. The fourth-order valence-electron chi connectivity index (χ4n) is 2.72. The first-order valence-electron chi connectivity index (χ1n) is 7.44. The molecule has 1 aromatic rings. The van der Waals surface area contributed by atoms with E-state index in [2.05, 4.69) is 17.3 Å². The molecule has 1 aromatic carbocycles. The van der Waals surface area contributed by atoms with Crippen LogP contribution in [0.1, 0.15) is 24.8 Å². The summed E-state index contributed by atoms with van der Waals surface area (Å²) < 4.78 is 5.11. The maximum Gasteiger partial charge on any atom is 0.160 e. The number of aromatic hydroxyl groups is 1. The molecule has 1 fully saturated rings. The molecule has 1 heterocycles. The molecule has 2 N–H and O–H groups in total. The second kappa shape index (κ2) is 7.50. The summed E-state index contributed by atoms with van der Waals surface area (Å²) in [4.78, 5) is 2.41. The number of hydrogen-bond acceptors (Lipinski definition) is 4. The van der Waals surface area contributed by atoms with Gasteiger partial charge in [0.2, 0.25) is 0 Å². The van der Waals surface area contributed by atoms with Gasteiger partial charge in [-0.1, -0.05) is 6.07 Å². The number of rotatable bonds is 6. The molecule has 0 saturated carbocycles. The van der Waals surface area contributed by atoms with Crippen LogP contribution in [0.2, 0.25) is 0 Å². The van der Waals surface area contributed by atoms with Gasteiger partial charge >= 0.3 is 0 Å². The summed E-state index contributed by atoms with van der Waals surface area (Å²) >= 11 is 0. The van der Waals surface area contributed by atoms with Crippen LogP contribution in [0.3, 0.4) is 0 Å². The van der Waals surface area contributed by atoms with Crippen LogP contribution in [0, 0.1) is 5.92 Å². The summed E-state index contributed by atoms with van der Waals surface area (Å²) in [6.07, 6.45) is 3.90. The van der Waals surface area contributed by atoms with Gasteiger partial charge in [0.25, 0.3) is 0 Å². The molecule has 0 atom stereocenters. The highest BCUT2D eigenvalue weighted by Crippen LogP contribution is 2.26. The van der Waals surface area contributed by atoms with Crippen LogP contribution >= 0.6 is 0 Å². The summed E-state index contributed by atoms with van der Waals surface area (Å²) in [7, 11) is 3.78. The molecule has 0 spiro atoms. The zero-order valence-corrected chi connectivity index (χ0v) is 12.6. The fourth-order valence-corrected chi connectivity index (χ4v) is 2.72. The van der Waals surface area contributed by atoms with E-state index in [1.165, 1.54) is 32.4 Å². The molecule has 1 aliphatic heterocycles. The van der Waals surface area contributed by atoms with Crippen molar-refractivity contribution < 1.29 is 9.84 Å². The van der Waals surface area contributed by atoms with Crippen LogP contribution in [0.25, 0.3) is 0 Å². The van der Waals surface area contributed by atoms with E-state index < -0.39 is 0 Å². The third kappa shape index (κ3) is 4.39. The average Bonchev–Trinajstić information content (AvgIpc) is 2.47. The number of nitrogens with zero attached hydrogens (tertiary/aromatic N) is 1. The van der Waals surface area contributed by atoms with Gasteiger partial charge in [0.1, 0.15) is 0 Å². The maximum atomic E-state index is 9.55. The Morgan fingerprint density at radius 1 is 1.35 bits per heavy atom. The number of hydrogen-bond donors (Lipinski definition) is 2. The predicted octanol–water partition coefficient (Wildman–Crippen LogP) is 2.22. The number of nitrogens with one attached hydrogen (secondary N) is 1. The van der Waals surface area contributed by atoms with Crippen LogP contribution in [0.4, 0.5) is 0 Å². The minimum atomic E-state index is 0.197. The second-order valence-electron chi connectivity index (χ2n) is 5.72. The van der Waals surface area contributed by atoms with E-state index >= 15 is 0 Å². The van der Waals surface area contributed by atoms with Crippen LogP contribution < -0.4 is 10.1 Å². The standard InChI is InChI=1S/C16H26N2O2/c1-18-9-6-13(7-10-18)5-8-17-12-14-3-4-15(19)16(11-14)20-2/h3-4,11,13,17,19H,5-10,12H2,1-2H3. The molecule has 4 heteroatoms. The van der Waals surface area contributed by atoms with Crippen molar-refractivity contribution in [2.75, 3.05) is 33.8 Å². The largest absolute Gasteiger partial charge is 0.504 e. The van der Waals surface area contributed by atoms with Crippen molar-refractivity contribution in [2.24, 2.45) is 5.92 Å². The van der Waals surface area contributed by atoms with Crippen LogP contribution in [0.5, 0.6) is 11.5 Å². The number of benzene rings is 1. The number of methoxy groups -OCH3 is 1. The van der Waals surface area contributed by atoms with Crippen molar-refractivity contribution in [2.45, 2.75) is 25.8 Å². The van der Waals surface area contributed by atoms with E-state index in [4.69, 9.17) is 4.74 Å². The number of likely N-dealkylation sites (tertiary alicyclic amines) is 1. The topological polar surface area (TPSA) is 44.7 Å². The molecule has 2 rings (SSSR count). The van der Waals surface area contributed by atoms with Crippen LogP contribution in [-0.2, 0) is 6.54 Å². The Kier molecular flexibility index (Phi) is 5.68. The van der Waals surface area contributed by atoms with Crippen LogP contribution in [0.15, 0.2) is 18.2 Å². The monoisotopic (exact) mass is 278 g/mol. The van der Waals surface area contributed by atoms with Gasteiger partial charge < -0.3 is 20.1 Å². The minimum Gasteiger partial charge on any atom is -0.504 e. The van der Waals surface area contributed by atoms with E-state index in [0.29, 0.717) is 5.75 Å². The summed E-state index contributed by atoms with van der Waals surface area (Å²) in [5, 5.41) is 13.0. The molecule has 0 aliphatic carbocycles. The van der Waals surface area contributed by atoms with E-state index in [1.54, 1.807) is 13.2 Å². The summed E-state index contributed by atoms with van der Waals surface area (Å²) in [6.45, 7) is 4.35. The van der Waals surface area contributed by atoms with E-state index in [9.17, 15) is 5.11 Å². The van der Waals surface area contributed by atoms with Gasteiger partial charge in [-0.15, -0.1) is 0 Å². The van der Waals surface area contributed by atoms with Crippen molar-refractivity contribution in [1.82, 2.24) is 10.2 Å². The molecule has 0 unspecified atom stereocenters. The number of ether oxygens (including phenoxy) is 1. The Morgan fingerprint density at radius 3 is 2.80 bits per heavy atom. The van der Waals surface area contributed by atoms with Gasteiger partial charge in [0.15, 0.2) is 11.5 Å². The van der Waals surface area contributed by atoms with Crippen LogP contribution in [-0.4, -0.2) is 43.8 Å².